The van der Waals surface area contributed by atoms with Gasteiger partial charge in [-0.25, -0.2) is 4.39 Å². The van der Waals surface area contributed by atoms with Crippen molar-refractivity contribution in [3.8, 4) is 5.75 Å². The summed E-state index contributed by atoms with van der Waals surface area (Å²) in [6.45, 7) is 3.34. The molecule has 0 radical (unpaired) electrons. The van der Waals surface area contributed by atoms with Gasteiger partial charge in [-0.05, 0) is 37.0 Å². The lowest BCUT2D eigenvalue weighted by molar-refractivity contribution is 0.0168. The highest BCUT2D eigenvalue weighted by molar-refractivity contribution is 14.0. The fourth-order valence-electron chi connectivity index (χ4n) is 2.44. The number of benzene rings is 1. The van der Waals surface area contributed by atoms with E-state index in [-0.39, 0.29) is 35.8 Å². The van der Waals surface area contributed by atoms with Crippen molar-refractivity contribution in [2.75, 3.05) is 33.4 Å². The SMILES string of the molecule is CN=C(NCCCOCC1CCCO1)NCc1ccc(O)c(F)c1.I. The molecule has 0 aromatic heterocycles. The van der Waals surface area contributed by atoms with Gasteiger partial charge in [0, 0.05) is 33.4 Å². The molecule has 1 aromatic rings. The maximum atomic E-state index is 13.3. The van der Waals surface area contributed by atoms with Gasteiger partial charge in [0.05, 0.1) is 12.7 Å². The Kier molecular flexibility index (Phi) is 10.7. The predicted octanol–water partition coefficient (Wildman–Crippen LogP) is 2.40. The summed E-state index contributed by atoms with van der Waals surface area (Å²) in [5, 5.41) is 15.4. The van der Waals surface area contributed by atoms with E-state index in [9.17, 15) is 9.50 Å². The molecule has 0 spiro atoms. The highest BCUT2D eigenvalue weighted by Crippen LogP contribution is 2.15. The van der Waals surface area contributed by atoms with Crippen molar-refractivity contribution >= 4 is 29.9 Å². The second kappa shape index (κ2) is 12.3. The second-order valence-electron chi connectivity index (χ2n) is 5.70. The Labute approximate surface area is 165 Å². The maximum Gasteiger partial charge on any atom is 0.191 e. The first kappa shape index (κ1) is 21.9. The minimum Gasteiger partial charge on any atom is -0.505 e. The Hall–Kier alpha value is -1.13. The molecule has 1 aliphatic heterocycles. The quantitative estimate of drug-likeness (QED) is 0.237. The number of ether oxygens (including phenoxy) is 2. The molecule has 1 aliphatic rings. The Balaban J connectivity index is 0.00000312. The minimum atomic E-state index is -0.624. The summed E-state index contributed by atoms with van der Waals surface area (Å²) in [5.41, 5.74) is 0.730. The first-order chi connectivity index (χ1) is 11.7. The highest BCUT2D eigenvalue weighted by Gasteiger charge is 2.14. The smallest absolute Gasteiger partial charge is 0.191 e. The number of hydrogen-bond acceptors (Lipinski definition) is 4. The number of halogens is 2. The van der Waals surface area contributed by atoms with Crippen molar-refractivity contribution in [1.29, 1.82) is 0 Å². The van der Waals surface area contributed by atoms with Crippen molar-refractivity contribution in [2.45, 2.75) is 31.9 Å². The summed E-state index contributed by atoms with van der Waals surface area (Å²) in [6, 6.07) is 4.31. The molecule has 142 valence electrons. The molecule has 6 nitrogen and oxygen atoms in total. The average Bonchev–Trinajstić information content (AvgIpc) is 3.10. The molecule has 0 amide bonds. The van der Waals surface area contributed by atoms with E-state index < -0.39 is 5.82 Å². The van der Waals surface area contributed by atoms with E-state index >= 15 is 0 Å². The Morgan fingerprint density at radius 2 is 2.28 bits per heavy atom. The van der Waals surface area contributed by atoms with Crippen LogP contribution in [-0.2, 0) is 16.0 Å². The number of guanidine groups is 1. The Bertz CT molecular complexity index is 540. The van der Waals surface area contributed by atoms with Gasteiger partial charge in [-0.15, -0.1) is 24.0 Å². The van der Waals surface area contributed by atoms with Gasteiger partial charge in [0.2, 0.25) is 0 Å². The molecule has 0 bridgehead atoms. The number of rotatable bonds is 8. The van der Waals surface area contributed by atoms with Gasteiger partial charge < -0.3 is 25.2 Å². The predicted molar refractivity (Wildman–Crippen MR) is 106 cm³/mol. The third kappa shape index (κ3) is 8.19. The standard InChI is InChI=1S/C17H26FN3O3.HI/c1-19-17(21-11-13-5-6-16(22)15(18)10-13)20-7-3-8-23-12-14-4-2-9-24-14;/h5-6,10,14,22H,2-4,7-9,11-12H2,1H3,(H2,19,20,21);1H. The lowest BCUT2D eigenvalue weighted by atomic mass is 10.2. The summed E-state index contributed by atoms with van der Waals surface area (Å²) >= 11 is 0. The van der Waals surface area contributed by atoms with Crippen LogP contribution < -0.4 is 10.6 Å². The van der Waals surface area contributed by atoms with Crippen molar-refractivity contribution in [3.63, 3.8) is 0 Å². The van der Waals surface area contributed by atoms with Gasteiger partial charge in [-0.3, -0.25) is 4.99 Å². The molecule has 8 heteroatoms. The molecule has 1 fully saturated rings. The number of aromatic hydroxyl groups is 1. The average molecular weight is 467 g/mol. The molecule has 1 unspecified atom stereocenters. The normalized spacial score (nSPS) is 17.2. The zero-order valence-electron chi connectivity index (χ0n) is 14.5. The third-order valence-electron chi connectivity index (χ3n) is 3.78. The van der Waals surface area contributed by atoms with E-state index in [0.717, 1.165) is 38.0 Å². The van der Waals surface area contributed by atoms with Crippen LogP contribution in [0.3, 0.4) is 0 Å². The first-order valence-electron chi connectivity index (χ1n) is 8.30. The molecular weight excluding hydrogens is 440 g/mol. The molecule has 25 heavy (non-hydrogen) atoms. The zero-order chi connectivity index (χ0) is 17.2. The van der Waals surface area contributed by atoms with Crippen molar-refractivity contribution in [1.82, 2.24) is 10.6 Å². The second-order valence-corrected chi connectivity index (χ2v) is 5.70. The van der Waals surface area contributed by atoms with Crippen molar-refractivity contribution in [2.24, 2.45) is 4.99 Å². The minimum absolute atomic E-state index is 0. The maximum absolute atomic E-state index is 13.3. The number of hydrogen-bond donors (Lipinski definition) is 3. The van der Waals surface area contributed by atoms with E-state index in [4.69, 9.17) is 9.47 Å². The Morgan fingerprint density at radius 1 is 1.44 bits per heavy atom. The molecule has 1 heterocycles. The summed E-state index contributed by atoms with van der Waals surface area (Å²) in [6.07, 6.45) is 3.34. The monoisotopic (exact) mass is 467 g/mol. The molecule has 0 saturated carbocycles. The summed E-state index contributed by atoms with van der Waals surface area (Å²) in [5.74, 6) is -0.326. The van der Waals surface area contributed by atoms with E-state index in [1.54, 1.807) is 13.1 Å². The van der Waals surface area contributed by atoms with E-state index in [1.165, 1.54) is 12.1 Å². The van der Waals surface area contributed by atoms with Crippen LogP contribution in [-0.4, -0.2) is 50.6 Å². The van der Waals surface area contributed by atoms with E-state index in [1.807, 2.05) is 0 Å². The largest absolute Gasteiger partial charge is 0.505 e. The van der Waals surface area contributed by atoms with Gasteiger partial charge >= 0.3 is 0 Å². The third-order valence-corrected chi connectivity index (χ3v) is 3.78. The molecular formula is C17H27FIN3O3. The molecule has 3 N–H and O–H groups in total. The number of nitrogens with one attached hydrogen (secondary N) is 2. The molecule has 2 rings (SSSR count). The molecule has 1 atom stereocenters. The summed E-state index contributed by atoms with van der Waals surface area (Å²) < 4.78 is 24.4. The number of phenols is 1. The highest BCUT2D eigenvalue weighted by atomic mass is 127. The van der Waals surface area contributed by atoms with E-state index in [2.05, 4.69) is 15.6 Å². The van der Waals surface area contributed by atoms with Gasteiger partial charge in [-0.2, -0.15) is 0 Å². The lowest BCUT2D eigenvalue weighted by Crippen LogP contribution is -2.37. The fraction of sp³-hybridized carbons (Fsp3) is 0.588. The van der Waals surface area contributed by atoms with Crippen molar-refractivity contribution in [3.05, 3.63) is 29.6 Å². The van der Waals surface area contributed by atoms with Crippen LogP contribution in [0, 0.1) is 5.82 Å². The van der Waals surface area contributed by atoms with Gasteiger partial charge in [-0.1, -0.05) is 6.07 Å². The van der Waals surface area contributed by atoms with Crippen LogP contribution in [0.15, 0.2) is 23.2 Å². The van der Waals surface area contributed by atoms with Crippen molar-refractivity contribution < 1.29 is 19.0 Å². The van der Waals surface area contributed by atoms with Crippen LogP contribution in [0.5, 0.6) is 5.75 Å². The lowest BCUT2D eigenvalue weighted by Gasteiger charge is -2.13. The first-order valence-corrected chi connectivity index (χ1v) is 8.30. The number of nitrogens with zero attached hydrogens (tertiary/aromatic N) is 1. The van der Waals surface area contributed by atoms with Crippen LogP contribution in [0.25, 0.3) is 0 Å². The Morgan fingerprint density at radius 3 is 2.96 bits per heavy atom. The van der Waals surface area contributed by atoms with Gasteiger partial charge in [0.15, 0.2) is 17.5 Å². The zero-order valence-corrected chi connectivity index (χ0v) is 16.8. The molecule has 1 saturated heterocycles. The number of aliphatic imine (C=N–C) groups is 1. The fourth-order valence-corrected chi connectivity index (χ4v) is 2.44. The number of phenolic OH excluding ortho intramolecular Hbond substituents is 1. The van der Waals surface area contributed by atoms with E-state index in [0.29, 0.717) is 25.7 Å². The molecule has 0 aliphatic carbocycles. The van der Waals surface area contributed by atoms with Crippen LogP contribution in [0.4, 0.5) is 4.39 Å². The summed E-state index contributed by atoms with van der Waals surface area (Å²) in [4.78, 5) is 4.11. The van der Waals surface area contributed by atoms with Gasteiger partial charge in [0.25, 0.3) is 0 Å². The topological polar surface area (TPSA) is 75.1 Å². The van der Waals surface area contributed by atoms with Crippen LogP contribution in [0.1, 0.15) is 24.8 Å². The van der Waals surface area contributed by atoms with Gasteiger partial charge in [0.1, 0.15) is 0 Å². The summed E-state index contributed by atoms with van der Waals surface area (Å²) in [7, 11) is 1.68. The molecule has 1 aromatic carbocycles. The van der Waals surface area contributed by atoms with Crippen LogP contribution in [0.2, 0.25) is 0 Å². The van der Waals surface area contributed by atoms with Crippen LogP contribution >= 0.6 is 24.0 Å².